The number of benzene rings is 2. The molecule has 0 spiro atoms. The molecule has 0 radical (unpaired) electrons. The van der Waals surface area contributed by atoms with E-state index in [0.717, 1.165) is 16.8 Å². The Balaban J connectivity index is 1.94. The van der Waals surface area contributed by atoms with E-state index in [0.29, 0.717) is 11.6 Å². The molecule has 1 heterocycles. The van der Waals surface area contributed by atoms with E-state index >= 15 is 0 Å². The molecule has 0 aliphatic carbocycles. The van der Waals surface area contributed by atoms with Crippen LogP contribution in [0.15, 0.2) is 79.0 Å². The van der Waals surface area contributed by atoms with Crippen LogP contribution in [0.3, 0.4) is 0 Å². The van der Waals surface area contributed by atoms with Crippen molar-refractivity contribution >= 4 is 17.4 Å². The minimum Gasteiger partial charge on any atom is -0.287 e. The lowest BCUT2D eigenvalue weighted by Crippen LogP contribution is -2.39. The predicted molar refractivity (Wildman–Crippen MR) is 87.9 cm³/mol. The third-order valence-corrected chi connectivity index (χ3v) is 3.71. The summed E-state index contributed by atoms with van der Waals surface area (Å²) in [5.74, 6) is 0.0834. The Morgan fingerprint density at radius 2 is 1.68 bits per heavy atom. The number of carbonyl (C=O) groups is 1. The van der Waals surface area contributed by atoms with Crippen LogP contribution in [-0.4, -0.2) is 5.78 Å². The van der Waals surface area contributed by atoms with Crippen molar-refractivity contribution in [3.63, 3.8) is 0 Å². The maximum atomic E-state index is 12.4. The second-order valence-electron chi connectivity index (χ2n) is 5.01. The average molecular weight is 309 g/mol. The summed E-state index contributed by atoms with van der Waals surface area (Å²) >= 11 is 6.07. The predicted octanol–water partition coefficient (Wildman–Crippen LogP) is 4.18. The van der Waals surface area contributed by atoms with Gasteiger partial charge in [-0.05, 0) is 24.3 Å². The number of pyridine rings is 1. The third-order valence-electron chi connectivity index (χ3n) is 3.47. The second kappa shape index (κ2) is 6.54. The van der Waals surface area contributed by atoms with E-state index in [1.165, 1.54) is 0 Å². The summed E-state index contributed by atoms with van der Waals surface area (Å²) in [5.41, 5.74) is 2.68. The molecule has 0 unspecified atom stereocenters. The highest BCUT2D eigenvalue weighted by Gasteiger charge is 2.17. The summed E-state index contributed by atoms with van der Waals surface area (Å²) in [4.78, 5) is 12.4. The van der Waals surface area contributed by atoms with Crippen LogP contribution in [0.4, 0.5) is 0 Å². The lowest BCUT2D eigenvalue weighted by Gasteiger charge is -2.04. The number of ketones is 1. The van der Waals surface area contributed by atoms with Crippen molar-refractivity contribution in [2.45, 2.75) is 6.54 Å². The van der Waals surface area contributed by atoms with E-state index in [1.54, 1.807) is 0 Å². The quantitative estimate of drug-likeness (QED) is 0.523. The van der Waals surface area contributed by atoms with Gasteiger partial charge in [0, 0.05) is 28.3 Å². The topological polar surface area (TPSA) is 20.9 Å². The van der Waals surface area contributed by atoms with Gasteiger partial charge < -0.3 is 0 Å². The summed E-state index contributed by atoms with van der Waals surface area (Å²) in [6, 6.07) is 22.9. The van der Waals surface area contributed by atoms with Crippen molar-refractivity contribution in [2.75, 3.05) is 0 Å². The van der Waals surface area contributed by atoms with Crippen LogP contribution in [0.1, 0.15) is 10.4 Å². The minimum atomic E-state index is 0.0834. The van der Waals surface area contributed by atoms with Crippen molar-refractivity contribution in [1.29, 1.82) is 0 Å². The van der Waals surface area contributed by atoms with Gasteiger partial charge in [-0.25, -0.2) is 0 Å². The lowest BCUT2D eigenvalue weighted by molar-refractivity contribution is -0.672. The molecule has 0 aliphatic rings. The van der Waals surface area contributed by atoms with Crippen molar-refractivity contribution in [1.82, 2.24) is 0 Å². The van der Waals surface area contributed by atoms with E-state index < -0.39 is 0 Å². The first-order valence-electron chi connectivity index (χ1n) is 7.07. The highest BCUT2D eigenvalue weighted by molar-refractivity contribution is 6.30. The van der Waals surface area contributed by atoms with Gasteiger partial charge in [0.1, 0.15) is 0 Å². The van der Waals surface area contributed by atoms with Crippen molar-refractivity contribution in [2.24, 2.45) is 0 Å². The zero-order valence-corrected chi connectivity index (χ0v) is 12.7. The average Bonchev–Trinajstić information content (AvgIpc) is 2.56. The van der Waals surface area contributed by atoms with E-state index in [9.17, 15) is 4.79 Å². The summed E-state index contributed by atoms with van der Waals surface area (Å²) in [6.07, 6.45) is 1.91. The van der Waals surface area contributed by atoms with Gasteiger partial charge in [0.2, 0.25) is 18.0 Å². The Morgan fingerprint density at radius 1 is 0.909 bits per heavy atom. The van der Waals surface area contributed by atoms with E-state index in [2.05, 4.69) is 0 Å². The molecule has 3 rings (SSSR count). The normalized spacial score (nSPS) is 10.4. The Morgan fingerprint density at radius 3 is 2.45 bits per heavy atom. The Labute approximate surface area is 134 Å². The number of carbonyl (C=O) groups excluding carboxylic acids is 1. The van der Waals surface area contributed by atoms with Gasteiger partial charge in [0.25, 0.3) is 0 Å². The molecule has 0 saturated heterocycles. The smallest absolute Gasteiger partial charge is 0.227 e. The van der Waals surface area contributed by atoms with Gasteiger partial charge in [0.05, 0.1) is 0 Å². The highest BCUT2D eigenvalue weighted by Crippen LogP contribution is 2.19. The summed E-state index contributed by atoms with van der Waals surface area (Å²) in [6.45, 7) is 0.298. The molecule has 0 bridgehead atoms. The fourth-order valence-corrected chi connectivity index (χ4v) is 2.58. The van der Waals surface area contributed by atoms with Crippen LogP contribution in [0.25, 0.3) is 11.3 Å². The van der Waals surface area contributed by atoms with E-state index in [1.807, 2.05) is 83.6 Å². The highest BCUT2D eigenvalue weighted by atomic mass is 35.5. The standard InChI is InChI=1S/C19H15ClNO/c20-17-10-6-9-16(13-17)18-11-4-5-12-21(18)14-19(22)15-7-2-1-3-8-15/h1-13H,14H2/q+1. The number of rotatable bonds is 4. The van der Waals surface area contributed by atoms with E-state index in [4.69, 9.17) is 11.6 Å². The number of nitrogens with zero attached hydrogens (tertiary/aromatic N) is 1. The fourth-order valence-electron chi connectivity index (χ4n) is 2.39. The molecule has 3 heteroatoms. The molecule has 0 atom stereocenters. The molecule has 22 heavy (non-hydrogen) atoms. The zero-order valence-electron chi connectivity index (χ0n) is 11.9. The van der Waals surface area contributed by atoms with Gasteiger partial charge in [-0.1, -0.05) is 48.0 Å². The Kier molecular flexibility index (Phi) is 4.31. The lowest BCUT2D eigenvalue weighted by atomic mass is 10.1. The molecule has 0 saturated carbocycles. The van der Waals surface area contributed by atoms with Crippen LogP contribution in [-0.2, 0) is 6.54 Å². The Bertz CT molecular complexity index is 799. The molecule has 3 aromatic rings. The van der Waals surface area contributed by atoms with Crippen molar-refractivity contribution in [3.05, 3.63) is 89.6 Å². The Hall–Kier alpha value is -2.45. The van der Waals surface area contributed by atoms with Gasteiger partial charge in [0.15, 0.2) is 6.20 Å². The van der Waals surface area contributed by atoms with Gasteiger partial charge in [-0.3, -0.25) is 4.79 Å². The van der Waals surface area contributed by atoms with Crippen molar-refractivity contribution in [3.8, 4) is 11.3 Å². The summed E-state index contributed by atoms with van der Waals surface area (Å²) in [7, 11) is 0. The monoisotopic (exact) mass is 308 g/mol. The molecule has 0 amide bonds. The number of hydrogen-bond donors (Lipinski definition) is 0. The fraction of sp³-hybridized carbons (Fsp3) is 0.0526. The van der Waals surface area contributed by atoms with Gasteiger partial charge in [-0.15, -0.1) is 0 Å². The van der Waals surface area contributed by atoms with Crippen LogP contribution in [0, 0.1) is 0 Å². The first kappa shape index (κ1) is 14.5. The van der Waals surface area contributed by atoms with Crippen LogP contribution < -0.4 is 4.57 Å². The molecule has 1 aromatic heterocycles. The minimum absolute atomic E-state index is 0.0834. The number of Topliss-reactive ketones (excluding diaryl/α,β-unsaturated/α-hetero) is 1. The molecule has 108 valence electrons. The maximum absolute atomic E-state index is 12.4. The van der Waals surface area contributed by atoms with Crippen molar-refractivity contribution < 1.29 is 9.36 Å². The summed E-state index contributed by atoms with van der Waals surface area (Å²) in [5, 5.41) is 0.683. The van der Waals surface area contributed by atoms with Crippen LogP contribution >= 0.6 is 11.6 Å². The third kappa shape index (κ3) is 3.23. The number of aromatic nitrogens is 1. The first-order valence-corrected chi connectivity index (χ1v) is 7.44. The molecule has 2 nitrogen and oxygen atoms in total. The number of halogens is 1. The van der Waals surface area contributed by atoms with E-state index in [-0.39, 0.29) is 5.78 Å². The number of hydrogen-bond acceptors (Lipinski definition) is 1. The SMILES string of the molecule is O=C(C[n+]1ccccc1-c1cccc(Cl)c1)c1ccccc1. The molecule has 0 N–H and O–H groups in total. The molecule has 2 aromatic carbocycles. The molecular weight excluding hydrogens is 294 g/mol. The van der Waals surface area contributed by atoms with Gasteiger partial charge >= 0.3 is 0 Å². The van der Waals surface area contributed by atoms with Crippen LogP contribution in [0.5, 0.6) is 0 Å². The molecular formula is C19H15ClNO+. The summed E-state index contributed by atoms with van der Waals surface area (Å²) < 4.78 is 1.95. The van der Waals surface area contributed by atoms with Gasteiger partial charge in [-0.2, -0.15) is 4.57 Å². The maximum Gasteiger partial charge on any atom is 0.227 e. The molecule has 0 fully saturated rings. The first-order chi connectivity index (χ1) is 10.7. The zero-order chi connectivity index (χ0) is 15.4. The largest absolute Gasteiger partial charge is 0.287 e. The van der Waals surface area contributed by atoms with Crippen LogP contribution in [0.2, 0.25) is 5.02 Å². The molecule has 0 aliphatic heterocycles. The second-order valence-corrected chi connectivity index (χ2v) is 5.45.